The fraction of sp³-hybridized carbons (Fsp3) is 0.333. The third-order valence-electron chi connectivity index (χ3n) is 5.75. The Balaban J connectivity index is 1.74. The van der Waals surface area contributed by atoms with Crippen molar-refractivity contribution >= 4 is 17.7 Å². The number of thioether (sulfide) groups is 1. The van der Waals surface area contributed by atoms with Crippen LogP contribution in [0.5, 0.6) is 17.2 Å². The molecule has 0 saturated carbocycles. The summed E-state index contributed by atoms with van der Waals surface area (Å²) in [5.41, 5.74) is 0.313. The van der Waals surface area contributed by atoms with Gasteiger partial charge in [-0.05, 0) is 36.8 Å². The fourth-order valence-corrected chi connectivity index (χ4v) is 5.52. The van der Waals surface area contributed by atoms with E-state index in [1.54, 1.807) is 44.6 Å². The summed E-state index contributed by atoms with van der Waals surface area (Å²) in [6.07, 6.45) is 0.0720. The van der Waals surface area contributed by atoms with E-state index >= 15 is 0 Å². The van der Waals surface area contributed by atoms with Gasteiger partial charge in [-0.3, -0.25) is 9.69 Å². The molecule has 1 amide bonds. The van der Waals surface area contributed by atoms with Crippen LogP contribution in [0.4, 0.5) is 0 Å². The summed E-state index contributed by atoms with van der Waals surface area (Å²) < 4.78 is 16.2. The van der Waals surface area contributed by atoms with Crippen LogP contribution in [0.1, 0.15) is 30.4 Å². The Morgan fingerprint density at radius 1 is 1.19 bits per heavy atom. The van der Waals surface area contributed by atoms with E-state index in [1.165, 1.54) is 16.7 Å². The fourth-order valence-electron chi connectivity index (χ4n) is 4.16. The van der Waals surface area contributed by atoms with E-state index in [-0.39, 0.29) is 18.1 Å². The van der Waals surface area contributed by atoms with Crippen molar-refractivity contribution in [3.05, 3.63) is 64.2 Å². The van der Waals surface area contributed by atoms with Gasteiger partial charge < -0.3 is 19.3 Å². The molecule has 2 aromatic rings. The van der Waals surface area contributed by atoms with Gasteiger partial charge in [0.2, 0.25) is 5.91 Å². The van der Waals surface area contributed by atoms with Gasteiger partial charge in [0, 0.05) is 17.9 Å². The second kappa shape index (κ2) is 8.77. The summed E-state index contributed by atoms with van der Waals surface area (Å²) >= 11 is 1.32. The first-order valence-corrected chi connectivity index (χ1v) is 11.2. The smallest absolute Gasteiger partial charge is 0.231 e. The largest absolute Gasteiger partial charge is 0.497 e. The average molecular weight is 453 g/mol. The van der Waals surface area contributed by atoms with E-state index in [9.17, 15) is 15.2 Å². The molecule has 0 unspecified atom stereocenters. The average Bonchev–Trinajstić information content (AvgIpc) is 3.18. The zero-order valence-corrected chi connectivity index (χ0v) is 18.9. The van der Waals surface area contributed by atoms with Gasteiger partial charge in [0.1, 0.15) is 5.75 Å². The number of hydrogen-bond acceptors (Lipinski definition) is 7. The third-order valence-corrected chi connectivity index (χ3v) is 6.98. The maximum atomic E-state index is 13.3. The Labute approximate surface area is 191 Å². The van der Waals surface area contributed by atoms with Crippen LogP contribution in [-0.4, -0.2) is 42.5 Å². The van der Waals surface area contributed by atoms with E-state index in [2.05, 4.69) is 6.07 Å². The number of aliphatic hydroxyl groups is 1. The van der Waals surface area contributed by atoms with E-state index in [1.807, 2.05) is 19.1 Å². The van der Waals surface area contributed by atoms with Crippen molar-refractivity contribution < 1.29 is 24.1 Å². The van der Waals surface area contributed by atoms with Crippen molar-refractivity contribution in [2.75, 3.05) is 26.6 Å². The number of allylic oxidation sites excluding steroid dienone is 1. The van der Waals surface area contributed by atoms with E-state index in [0.717, 1.165) is 5.56 Å². The maximum absolute atomic E-state index is 13.3. The van der Waals surface area contributed by atoms with Gasteiger partial charge in [-0.15, -0.1) is 11.8 Å². The van der Waals surface area contributed by atoms with Gasteiger partial charge in [-0.25, -0.2) is 0 Å². The van der Waals surface area contributed by atoms with Crippen molar-refractivity contribution in [2.24, 2.45) is 0 Å². The molecule has 0 radical (unpaired) electrons. The normalized spacial score (nSPS) is 22.4. The zero-order valence-electron chi connectivity index (χ0n) is 18.1. The zero-order chi connectivity index (χ0) is 22.9. The van der Waals surface area contributed by atoms with Gasteiger partial charge in [0.25, 0.3) is 0 Å². The third kappa shape index (κ3) is 3.57. The lowest BCUT2D eigenvalue weighted by molar-refractivity contribution is -0.149. The molecule has 2 aliphatic heterocycles. The number of nitriles is 1. The van der Waals surface area contributed by atoms with Crippen LogP contribution in [0, 0.1) is 11.3 Å². The molecule has 2 aromatic carbocycles. The predicted molar refractivity (Wildman–Crippen MR) is 120 cm³/mol. The Morgan fingerprint density at radius 2 is 1.94 bits per heavy atom. The second-order valence-corrected chi connectivity index (χ2v) is 8.46. The lowest BCUT2D eigenvalue weighted by Crippen LogP contribution is -2.48. The van der Waals surface area contributed by atoms with Crippen LogP contribution >= 0.6 is 11.8 Å². The first-order valence-electron chi connectivity index (χ1n) is 10.2. The number of ether oxygens (including phenoxy) is 3. The number of methoxy groups -OCH3 is 2. The minimum atomic E-state index is -1.52. The Kier molecular flexibility index (Phi) is 6.04. The first-order chi connectivity index (χ1) is 15.5. The number of rotatable bonds is 6. The van der Waals surface area contributed by atoms with E-state index in [0.29, 0.717) is 40.0 Å². The molecule has 2 aliphatic rings. The summed E-state index contributed by atoms with van der Waals surface area (Å²) in [6, 6.07) is 14.7. The summed E-state index contributed by atoms with van der Waals surface area (Å²) in [7, 11) is 3.13. The quantitative estimate of drug-likeness (QED) is 0.714. The number of benzene rings is 2. The molecule has 4 rings (SSSR count). The van der Waals surface area contributed by atoms with Crippen LogP contribution in [-0.2, 0) is 10.5 Å². The highest BCUT2D eigenvalue weighted by Crippen LogP contribution is 2.52. The minimum Gasteiger partial charge on any atom is -0.497 e. The SMILES string of the molecule is CCOc1ccc([C@@H]2CC(=O)N3C(=C2C#N)SC[C@]3(O)c2ccc(OC)cc2)cc1OC. The van der Waals surface area contributed by atoms with Gasteiger partial charge in [0.15, 0.2) is 17.2 Å². The lowest BCUT2D eigenvalue weighted by Gasteiger charge is -2.38. The van der Waals surface area contributed by atoms with Gasteiger partial charge in [-0.1, -0.05) is 18.2 Å². The highest BCUT2D eigenvalue weighted by Gasteiger charge is 2.51. The van der Waals surface area contributed by atoms with Crippen LogP contribution in [0.15, 0.2) is 53.1 Å². The van der Waals surface area contributed by atoms with Crippen LogP contribution in [0.25, 0.3) is 0 Å². The molecular formula is C24H24N2O5S. The van der Waals surface area contributed by atoms with Gasteiger partial charge in [0.05, 0.1) is 43.3 Å². The number of hydrogen-bond donors (Lipinski definition) is 1. The highest BCUT2D eigenvalue weighted by molar-refractivity contribution is 8.03. The van der Waals surface area contributed by atoms with Gasteiger partial charge in [-0.2, -0.15) is 5.26 Å². The molecule has 0 aliphatic carbocycles. The molecule has 0 aromatic heterocycles. The van der Waals surface area contributed by atoms with Crippen molar-refractivity contribution in [2.45, 2.75) is 25.0 Å². The van der Waals surface area contributed by atoms with Gasteiger partial charge >= 0.3 is 0 Å². The molecule has 2 atom stereocenters. The topological polar surface area (TPSA) is 92.0 Å². The molecule has 32 heavy (non-hydrogen) atoms. The predicted octanol–water partition coefficient (Wildman–Crippen LogP) is 3.75. The lowest BCUT2D eigenvalue weighted by atomic mass is 9.85. The van der Waals surface area contributed by atoms with Crippen molar-refractivity contribution in [3.8, 4) is 23.3 Å². The number of carbonyl (C=O) groups is 1. The molecule has 0 bridgehead atoms. The molecule has 1 fully saturated rings. The molecule has 7 nitrogen and oxygen atoms in total. The Bertz CT molecular complexity index is 1110. The molecule has 0 spiro atoms. The molecule has 2 heterocycles. The highest BCUT2D eigenvalue weighted by atomic mass is 32.2. The summed E-state index contributed by atoms with van der Waals surface area (Å²) in [5, 5.41) is 22.0. The number of fused-ring (bicyclic) bond motifs is 1. The minimum absolute atomic E-state index is 0.0720. The molecule has 166 valence electrons. The molecule has 8 heteroatoms. The van der Waals surface area contributed by atoms with Crippen LogP contribution in [0.3, 0.4) is 0 Å². The van der Waals surface area contributed by atoms with E-state index in [4.69, 9.17) is 14.2 Å². The summed E-state index contributed by atoms with van der Waals surface area (Å²) in [6.45, 7) is 2.39. The number of carbonyl (C=O) groups excluding carboxylic acids is 1. The molecule has 1 N–H and O–H groups in total. The second-order valence-electron chi connectivity index (χ2n) is 7.49. The summed E-state index contributed by atoms with van der Waals surface area (Å²) in [4.78, 5) is 14.7. The van der Waals surface area contributed by atoms with Crippen molar-refractivity contribution in [3.63, 3.8) is 0 Å². The standard InChI is InChI=1S/C24H24N2O5S/c1-4-31-20-10-5-15(11-21(20)30-3)18-12-22(27)26-23(19(18)13-25)32-14-24(26,28)16-6-8-17(29-2)9-7-16/h5-11,18,28H,4,12,14H2,1-3H3/t18-,24-/m0/s1. The van der Waals surface area contributed by atoms with Crippen molar-refractivity contribution in [1.29, 1.82) is 5.26 Å². The molecular weight excluding hydrogens is 428 g/mol. The summed E-state index contributed by atoms with van der Waals surface area (Å²) in [5.74, 6) is 1.40. The maximum Gasteiger partial charge on any atom is 0.231 e. The van der Waals surface area contributed by atoms with Crippen molar-refractivity contribution in [1.82, 2.24) is 4.90 Å². The van der Waals surface area contributed by atoms with Crippen LogP contribution in [0.2, 0.25) is 0 Å². The molecule has 1 saturated heterocycles. The first kappa shape index (κ1) is 22.1. The number of nitrogens with zero attached hydrogens (tertiary/aromatic N) is 2. The Morgan fingerprint density at radius 3 is 2.56 bits per heavy atom. The number of amides is 1. The monoisotopic (exact) mass is 452 g/mol. The Hall–Kier alpha value is -3.15. The van der Waals surface area contributed by atoms with E-state index < -0.39 is 11.6 Å². The van der Waals surface area contributed by atoms with Crippen LogP contribution < -0.4 is 14.2 Å².